The molecular formula is C17H45BN2O3. The van der Waals surface area contributed by atoms with Crippen LogP contribution in [0.5, 0.6) is 0 Å². The van der Waals surface area contributed by atoms with Crippen molar-refractivity contribution in [2.75, 3.05) is 13.0 Å². The first-order valence-electron chi connectivity index (χ1n) is 9.16. The zero-order valence-corrected chi connectivity index (χ0v) is 17.4. The molecule has 1 rings (SSSR count). The van der Waals surface area contributed by atoms with Gasteiger partial charge in [-0.15, -0.1) is 0 Å². The highest BCUT2D eigenvalue weighted by Crippen LogP contribution is 2.01. The fourth-order valence-electron chi connectivity index (χ4n) is 1.01. The Morgan fingerprint density at radius 3 is 1.61 bits per heavy atom. The third-order valence-electron chi connectivity index (χ3n) is 1.69. The van der Waals surface area contributed by atoms with E-state index < -0.39 is 7.12 Å². The smallest absolute Gasteiger partial charge is 0.426 e. The largest absolute Gasteiger partial charge is 0.472 e. The highest BCUT2D eigenvalue weighted by molar-refractivity contribution is 6.41. The molecule has 0 saturated carbocycles. The van der Waals surface area contributed by atoms with E-state index in [1.807, 2.05) is 41.5 Å². The lowest BCUT2D eigenvalue weighted by Gasteiger charge is -1.95. The van der Waals surface area contributed by atoms with Gasteiger partial charge in [0.05, 0.1) is 6.44 Å². The highest BCUT2D eigenvalue weighted by atomic mass is 16.4. The second-order valence-electron chi connectivity index (χ2n) is 4.74. The fraction of sp³-hybridized carbons (Fsp3) is 0.941. The van der Waals surface area contributed by atoms with Crippen LogP contribution < -0.4 is 10.6 Å². The van der Waals surface area contributed by atoms with Crippen molar-refractivity contribution < 1.29 is 14.8 Å². The van der Waals surface area contributed by atoms with Gasteiger partial charge in [0.25, 0.3) is 0 Å². The SMILES string of the molecule is CC.CC.CC.CC(C)C.CC1CCCN1.O=CNCB(O)O. The first-order valence-corrected chi connectivity index (χ1v) is 9.16. The summed E-state index contributed by atoms with van der Waals surface area (Å²) in [6, 6.07) is 0.796. The van der Waals surface area contributed by atoms with Crippen molar-refractivity contribution in [1.82, 2.24) is 10.6 Å². The Kier molecular flexibility index (Phi) is 55.4. The molecule has 144 valence electrons. The molecule has 0 aromatic heterocycles. The molecule has 0 radical (unpaired) electrons. The van der Waals surface area contributed by atoms with Crippen LogP contribution in [-0.2, 0) is 4.79 Å². The number of nitrogens with one attached hydrogen (secondary N) is 2. The minimum absolute atomic E-state index is 0.108. The average molecular weight is 336 g/mol. The Labute approximate surface area is 146 Å². The van der Waals surface area contributed by atoms with E-state index in [-0.39, 0.29) is 6.44 Å². The minimum Gasteiger partial charge on any atom is -0.426 e. The molecule has 23 heavy (non-hydrogen) atoms. The van der Waals surface area contributed by atoms with Gasteiger partial charge < -0.3 is 20.7 Å². The molecular weight excluding hydrogens is 291 g/mol. The number of hydrogen-bond acceptors (Lipinski definition) is 4. The first kappa shape index (κ1) is 33.9. The zero-order chi connectivity index (χ0) is 19.7. The van der Waals surface area contributed by atoms with Crippen molar-refractivity contribution in [3.05, 3.63) is 0 Å². The molecule has 1 fully saturated rings. The van der Waals surface area contributed by atoms with Crippen LogP contribution in [0.3, 0.4) is 0 Å². The van der Waals surface area contributed by atoms with Crippen LogP contribution in [0.15, 0.2) is 0 Å². The lowest BCUT2D eigenvalue weighted by molar-refractivity contribution is -0.109. The summed E-state index contributed by atoms with van der Waals surface area (Å²) in [7, 11) is -1.44. The molecule has 6 heteroatoms. The predicted molar refractivity (Wildman–Crippen MR) is 106 cm³/mol. The predicted octanol–water partition coefficient (Wildman–Crippen LogP) is 3.24. The Bertz CT molecular complexity index is 163. The van der Waals surface area contributed by atoms with Gasteiger partial charge in [-0.3, -0.25) is 4.79 Å². The van der Waals surface area contributed by atoms with Crippen LogP contribution in [0.1, 0.15) is 82.1 Å². The van der Waals surface area contributed by atoms with Gasteiger partial charge in [-0.05, 0) is 32.2 Å². The molecule has 4 N–H and O–H groups in total. The normalized spacial score (nSPS) is 13.7. The third kappa shape index (κ3) is 74.4. The standard InChI is InChI=1S/C5H11N.C4H10.C2H6BNO3.3C2H6/c1-5-3-2-4-6-5;1-4(2)3;5-2-4-1-3(6)7;3*1-2/h5-6H,2-4H2,1H3;4H,1-3H3;2,6-7H,1H2,(H,4,5);3*1-2H3. The minimum atomic E-state index is -1.44. The monoisotopic (exact) mass is 336 g/mol. The van der Waals surface area contributed by atoms with Gasteiger partial charge in [-0.2, -0.15) is 0 Å². The van der Waals surface area contributed by atoms with Crippen molar-refractivity contribution in [3.8, 4) is 0 Å². The molecule has 5 nitrogen and oxygen atoms in total. The Morgan fingerprint density at radius 1 is 1.13 bits per heavy atom. The summed E-state index contributed by atoms with van der Waals surface area (Å²) in [5.74, 6) is 0.833. The van der Waals surface area contributed by atoms with Crippen LogP contribution in [0, 0.1) is 5.92 Å². The van der Waals surface area contributed by atoms with Crippen molar-refractivity contribution >= 4 is 13.5 Å². The van der Waals surface area contributed by atoms with Crippen LogP contribution in [0.4, 0.5) is 0 Å². The summed E-state index contributed by atoms with van der Waals surface area (Å²) in [4.78, 5) is 9.38. The van der Waals surface area contributed by atoms with Crippen LogP contribution in [0.25, 0.3) is 0 Å². The zero-order valence-electron chi connectivity index (χ0n) is 17.4. The highest BCUT2D eigenvalue weighted by Gasteiger charge is 2.05. The van der Waals surface area contributed by atoms with Crippen LogP contribution in [-0.4, -0.2) is 42.6 Å². The molecule has 0 aromatic carbocycles. The van der Waals surface area contributed by atoms with E-state index in [4.69, 9.17) is 10.0 Å². The van der Waals surface area contributed by atoms with E-state index in [1.54, 1.807) is 0 Å². The number of rotatable bonds is 3. The van der Waals surface area contributed by atoms with E-state index in [9.17, 15) is 4.79 Å². The van der Waals surface area contributed by atoms with Gasteiger partial charge in [0.1, 0.15) is 0 Å². The molecule has 0 aromatic rings. The molecule has 0 bridgehead atoms. The quantitative estimate of drug-likeness (QED) is 0.471. The molecule has 1 unspecified atom stereocenters. The van der Waals surface area contributed by atoms with Crippen molar-refractivity contribution in [2.45, 2.75) is 88.1 Å². The second-order valence-corrected chi connectivity index (χ2v) is 4.74. The molecule has 1 amide bonds. The summed E-state index contributed by atoms with van der Waals surface area (Å²) in [6.45, 7) is 22.0. The number of carbonyl (C=O) groups excluding carboxylic acids is 1. The van der Waals surface area contributed by atoms with Gasteiger partial charge in [-0.25, -0.2) is 0 Å². The maximum absolute atomic E-state index is 9.38. The van der Waals surface area contributed by atoms with E-state index in [0.717, 1.165) is 12.0 Å². The summed E-state index contributed by atoms with van der Waals surface area (Å²) in [5, 5.41) is 21.4. The van der Waals surface area contributed by atoms with Gasteiger partial charge in [0.2, 0.25) is 6.41 Å². The van der Waals surface area contributed by atoms with E-state index in [2.05, 4.69) is 38.3 Å². The van der Waals surface area contributed by atoms with E-state index in [0.29, 0.717) is 6.41 Å². The molecule has 1 atom stereocenters. The van der Waals surface area contributed by atoms with Crippen LogP contribution in [0.2, 0.25) is 0 Å². The van der Waals surface area contributed by atoms with Gasteiger partial charge in [-0.1, -0.05) is 62.3 Å². The topological polar surface area (TPSA) is 81.6 Å². The lowest BCUT2D eigenvalue weighted by Crippen LogP contribution is -2.29. The van der Waals surface area contributed by atoms with Gasteiger partial charge in [0.15, 0.2) is 0 Å². The Balaban J connectivity index is -0.0000000617. The lowest BCUT2D eigenvalue weighted by atomic mass is 9.93. The van der Waals surface area contributed by atoms with Gasteiger partial charge >= 0.3 is 7.12 Å². The Hall–Kier alpha value is -0.585. The molecule has 1 saturated heterocycles. The van der Waals surface area contributed by atoms with E-state index >= 15 is 0 Å². The number of carbonyl (C=O) groups is 1. The molecule has 0 spiro atoms. The fourth-order valence-corrected chi connectivity index (χ4v) is 1.01. The maximum Gasteiger partial charge on any atom is 0.472 e. The first-order chi connectivity index (χ1) is 10.9. The molecule has 1 aliphatic heterocycles. The molecule has 1 aliphatic rings. The average Bonchev–Trinajstić information content (AvgIpc) is 3.02. The molecule has 1 heterocycles. The number of amides is 1. The summed E-state index contributed by atoms with van der Waals surface area (Å²) < 4.78 is 0. The summed E-state index contributed by atoms with van der Waals surface area (Å²) in [5.41, 5.74) is 0. The summed E-state index contributed by atoms with van der Waals surface area (Å²) in [6.07, 6.45) is 3.05. The van der Waals surface area contributed by atoms with Crippen molar-refractivity contribution in [1.29, 1.82) is 0 Å². The third-order valence-corrected chi connectivity index (χ3v) is 1.69. The molecule has 0 aliphatic carbocycles. The summed E-state index contributed by atoms with van der Waals surface area (Å²) >= 11 is 0. The van der Waals surface area contributed by atoms with E-state index in [1.165, 1.54) is 19.4 Å². The van der Waals surface area contributed by atoms with Crippen molar-refractivity contribution in [3.63, 3.8) is 0 Å². The maximum atomic E-state index is 9.38. The van der Waals surface area contributed by atoms with Crippen molar-refractivity contribution in [2.24, 2.45) is 5.92 Å². The number of hydrogen-bond donors (Lipinski definition) is 4. The second kappa shape index (κ2) is 37.6. The Morgan fingerprint density at radius 2 is 1.52 bits per heavy atom. The van der Waals surface area contributed by atoms with Gasteiger partial charge in [0, 0.05) is 6.04 Å². The van der Waals surface area contributed by atoms with Crippen LogP contribution >= 0.6 is 0 Å².